The molecular weight excluding hydrogens is 905 g/mol. The first-order valence-corrected chi connectivity index (χ1v) is 22.5. The maximum absolute atomic E-state index is 15.7. The predicted molar refractivity (Wildman–Crippen MR) is 256 cm³/mol. The van der Waals surface area contributed by atoms with Crippen molar-refractivity contribution in [2.75, 3.05) is 13.2 Å². The number of ether oxygens (including phenoxy) is 4. The number of ketones is 2. The van der Waals surface area contributed by atoms with Crippen molar-refractivity contribution in [3.63, 3.8) is 0 Å². The Kier molecular flexibility index (Phi) is 15.9. The summed E-state index contributed by atoms with van der Waals surface area (Å²) in [6.07, 6.45) is -5.61. The number of carbonyl (C=O) groups excluding carboxylic acids is 4. The van der Waals surface area contributed by atoms with Crippen molar-refractivity contribution in [1.29, 1.82) is 0 Å². The van der Waals surface area contributed by atoms with Gasteiger partial charge < -0.3 is 73.1 Å². The van der Waals surface area contributed by atoms with E-state index in [2.05, 4.69) is 16.8 Å². The molecule has 1 saturated heterocycles. The van der Waals surface area contributed by atoms with Crippen molar-refractivity contribution in [3.8, 4) is 29.1 Å². The van der Waals surface area contributed by atoms with Gasteiger partial charge in [0.05, 0.1) is 49.7 Å². The predicted octanol–water partition coefficient (Wildman–Crippen LogP) is 1.15. The number of nitrogens with zero attached hydrogens (tertiary/aromatic N) is 1. The second-order valence-electron chi connectivity index (χ2n) is 17.3. The van der Waals surface area contributed by atoms with Crippen LogP contribution in [0.25, 0.3) is 12.2 Å². The molecule has 70 heavy (non-hydrogen) atoms. The molecular formula is C51H56N6O13. The van der Waals surface area contributed by atoms with Gasteiger partial charge in [-0.05, 0) is 66.1 Å². The van der Waals surface area contributed by atoms with Gasteiger partial charge in [-0.3, -0.25) is 24.2 Å². The number of hydrogen-bond donors (Lipinski definition) is 10. The molecule has 0 aromatic heterocycles. The van der Waals surface area contributed by atoms with Gasteiger partial charge in [0, 0.05) is 58.7 Å². The summed E-state index contributed by atoms with van der Waals surface area (Å²) in [4.78, 5) is 60.4. The number of guanidine groups is 1. The maximum atomic E-state index is 15.7. The molecule has 0 radical (unpaired) electrons. The van der Waals surface area contributed by atoms with E-state index >= 15 is 9.59 Å². The summed E-state index contributed by atoms with van der Waals surface area (Å²) in [7, 11) is 0. The van der Waals surface area contributed by atoms with Crippen molar-refractivity contribution in [1.82, 2.24) is 0 Å². The van der Waals surface area contributed by atoms with E-state index in [9.17, 15) is 35.1 Å². The molecule has 4 bridgehead atoms. The van der Waals surface area contributed by atoms with E-state index in [1.54, 1.807) is 36.4 Å². The summed E-state index contributed by atoms with van der Waals surface area (Å²) in [6, 6.07) is 12.4. The first kappa shape index (κ1) is 51.0. The molecule has 19 heteroatoms. The summed E-state index contributed by atoms with van der Waals surface area (Å²) in [5.41, 5.74) is 29.8. The fourth-order valence-corrected chi connectivity index (χ4v) is 9.03. The summed E-state index contributed by atoms with van der Waals surface area (Å²) in [6.45, 7) is 1.51. The van der Waals surface area contributed by atoms with Crippen molar-refractivity contribution in [2.45, 2.75) is 102 Å². The van der Waals surface area contributed by atoms with Gasteiger partial charge in [-0.15, -0.1) is 0 Å². The monoisotopic (exact) mass is 960 g/mol. The first-order chi connectivity index (χ1) is 33.4. The molecule has 1 fully saturated rings. The Balaban J connectivity index is 1.56. The topological polar surface area (TPSA) is 349 Å². The van der Waals surface area contributed by atoms with Crippen LogP contribution in [0.5, 0.6) is 17.2 Å². The zero-order chi connectivity index (χ0) is 50.6. The van der Waals surface area contributed by atoms with E-state index in [-0.39, 0.29) is 106 Å². The zero-order valence-electron chi connectivity index (χ0n) is 38.5. The Hall–Kier alpha value is -6.83. The van der Waals surface area contributed by atoms with E-state index in [1.807, 2.05) is 12.1 Å². The standard InChI is InChI=1S/C51H56N6O13/c1-24-42(62)46(66)48(67-17-16-57-51(55)56)50(68-24)70-47-34-11-5-9-30(52)13-14-31(61)19-27-7-3-6-26(18-27)12-15-33-37(69-25(2)60)21-29(22-58)38-39(33)45(65)40(34)41(44(38)64)43(63)35(47)20-28-8-4-10-32(49(53)54)36(28)23-59/h3-4,6-8,10,12,15,18,21,23-24,30-31,42,46,48-50,58,61-63,66H,11,13-14,16-17,19-20,22,52-54H2,1-2H3,(H4,55,56,57). The average molecular weight is 961 g/mol. The number of benzene rings is 4. The molecule has 7 atom stereocenters. The molecule has 2 aliphatic carbocycles. The minimum atomic E-state index is -1.66. The lowest BCUT2D eigenvalue weighted by molar-refractivity contribution is -0.278. The maximum Gasteiger partial charge on any atom is 0.308 e. The minimum Gasteiger partial charge on any atom is -0.507 e. The number of nitrogens with two attached hydrogens (primary N) is 5. The number of phenolic OH excluding ortho intramolecular Hbond substituents is 1. The highest BCUT2D eigenvalue weighted by molar-refractivity contribution is 6.32. The van der Waals surface area contributed by atoms with Gasteiger partial charge in [0.1, 0.15) is 35.6 Å². The molecule has 1 aliphatic heterocycles. The van der Waals surface area contributed by atoms with E-state index < -0.39 is 96.5 Å². The van der Waals surface area contributed by atoms with E-state index in [1.165, 1.54) is 19.1 Å². The number of esters is 1. The Bertz CT molecular complexity index is 2830. The Morgan fingerprint density at radius 3 is 2.41 bits per heavy atom. The van der Waals surface area contributed by atoms with Crippen LogP contribution in [-0.2, 0) is 40.1 Å². The molecule has 19 nitrogen and oxygen atoms in total. The van der Waals surface area contributed by atoms with Crippen LogP contribution < -0.4 is 38.1 Å². The average Bonchev–Trinajstić information content (AvgIpc) is 3.31. The van der Waals surface area contributed by atoms with Crippen molar-refractivity contribution in [3.05, 3.63) is 121 Å². The van der Waals surface area contributed by atoms with Gasteiger partial charge in [0.25, 0.3) is 0 Å². The Labute approximate surface area is 402 Å². The molecule has 1 heterocycles. The molecule has 15 N–H and O–H groups in total. The molecule has 7 rings (SSSR count). The Morgan fingerprint density at radius 1 is 0.971 bits per heavy atom. The van der Waals surface area contributed by atoms with Crippen LogP contribution in [0.4, 0.5) is 0 Å². The smallest absolute Gasteiger partial charge is 0.308 e. The number of aromatic hydroxyl groups is 1. The largest absolute Gasteiger partial charge is 0.507 e. The van der Waals surface area contributed by atoms with E-state index in [4.69, 9.17) is 47.6 Å². The van der Waals surface area contributed by atoms with Crippen LogP contribution >= 0.6 is 0 Å². The summed E-state index contributed by atoms with van der Waals surface area (Å²) < 4.78 is 24.5. The molecule has 4 aromatic carbocycles. The number of aldehydes is 1. The number of carbonyl (C=O) groups is 4. The highest BCUT2D eigenvalue weighted by Gasteiger charge is 2.47. The molecule has 368 valence electrons. The van der Waals surface area contributed by atoms with Gasteiger partial charge >= 0.3 is 5.97 Å². The van der Waals surface area contributed by atoms with Crippen LogP contribution in [0.15, 0.2) is 53.5 Å². The van der Waals surface area contributed by atoms with Gasteiger partial charge in [-0.2, -0.15) is 0 Å². The third kappa shape index (κ3) is 10.7. The molecule has 0 saturated carbocycles. The number of aliphatic imine (C=N–C) groups is 1. The number of hydrogen-bond acceptors (Lipinski definition) is 17. The lowest BCUT2D eigenvalue weighted by Gasteiger charge is -2.41. The summed E-state index contributed by atoms with van der Waals surface area (Å²) >= 11 is 0. The normalized spacial score (nSPS) is 22.1. The fraction of sp³-hybridized carbons (Fsp3) is 0.353. The number of fused-ring (bicyclic) bond motifs is 2. The SMILES string of the molecule is CC(=O)Oc1cc(CO)c2c3c1C=Cc1cccc(c1)CC(O)CCC(N)C#CCc1c(OC4OC(C)C(O)C(O)C4OCCN=C(N)N)c(Cc4cccc(C(N)N)c4C=O)c(O)c(c1C3=O)C2=O. The van der Waals surface area contributed by atoms with E-state index in [0.717, 1.165) is 12.5 Å². The van der Waals surface area contributed by atoms with E-state index in [0.29, 0.717) is 11.8 Å². The lowest BCUT2D eigenvalue weighted by Crippen LogP contribution is -2.59. The van der Waals surface area contributed by atoms with Crippen molar-refractivity contribution >= 4 is 41.9 Å². The number of aliphatic hydroxyl groups excluding tert-OH is 4. The number of aliphatic hydroxyl groups is 4. The van der Waals surface area contributed by atoms with Crippen LogP contribution in [0.2, 0.25) is 0 Å². The molecule has 4 aromatic rings. The van der Waals surface area contributed by atoms with Crippen LogP contribution in [-0.4, -0.2) is 111 Å². The Morgan fingerprint density at radius 2 is 1.71 bits per heavy atom. The molecule has 0 amide bonds. The van der Waals surface area contributed by atoms with Crippen molar-refractivity contribution in [2.24, 2.45) is 33.7 Å². The van der Waals surface area contributed by atoms with Gasteiger partial charge in [-0.25, -0.2) is 0 Å². The third-order valence-electron chi connectivity index (χ3n) is 12.4. The minimum absolute atomic E-state index is 0.0237. The molecule has 7 unspecified atom stereocenters. The second-order valence-corrected chi connectivity index (χ2v) is 17.3. The van der Waals surface area contributed by atoms with Crippen molar-refractivity contribution < 1.29 is 63.7 Å². The summed E-state index contributed by atoms with van der Waals surface area (Å²) in [5, 5.41) is 57.0. The zero-order valence-corrected chi connectivity index (χ0v) is 38.5. The van der Waals surface area contributed by atoms with Gasteiger partial charge in [0.15, 0.2) is 23.8 Å². The number of rotatable bonds is 12. The van der Waals surface area contributed by atoms with Gasteiger partial charge in [0.2, 0.25) is 6.29 Å². The summed E-state index contributed by atoms with van der Waals surface area (Å²) in [5.74, 6) is 1.96. The number of phenols is 1. The third-order valence-corrected chi connectivity index (χ3v) is 12.4. The molecule has 0 spiro atoms. The van der Waals surface area contributed by atoms with Crippen LogP contribution in [0, 0.1) is 11.8 Å². The van der Waals surface area contributed by atoms with Crippen LogP contribution in [0.3, 0.4) is 0 Å². The fourth-order valence-electron chi connectivity index (χ4n) is 9.03. The lowest BCUT2D eigenvalue weighted by atomic mass is 9.75. The highest BCUT2D eigenvalue weighted by atomic mass is 16.7. The highest BCUT2D eigenvalue weighted by Crippen LogP contribution is 2.48. The second kappa shape index (κ2) is 21.9. The van der Waals surface area contributed by atoms with Crippen LogP contribution in [0.1, 0.15) is 120 Å². The quantitative estimate of drug-likeness (QED) is 0.0123. The molecule has 3 aliphatic rings. The van der Waals surface area contributed by atoms with Gasteiger partial charge in [-0.1, -0.05) is 60.4 Å². The first-order valence-electron chi connectivity index (χ1n) is 22.5.